The van der Waals surface area contributed by atoms with Crippen LogP contribution in [0, 0.1) is 5.41 Å². The van der Waals surface area contributed by atoms with Crippen molar-refractivity contribution in [2.24, 2.45) is 5.41 Å². The third-order valence-corrected chi connectivity index (χ3v) is 8.19. The molecular weight excluding hydrogens is 460 g/mol. The zero-order valence-electron chi connectivity index (χ0n) is 21.5. The summed E-state index contributed by atoms with van der Waals surface area (Å²) in [5, 5.41) is 0. The van der Waals surface area contributed by atoms with E-state index in [9.17, 15) is 4.79 Å². The van der Waals surface area contributed by atoms with Crippen molar-refractivity contribution in [2.75, 3.05) is 51.3 Å². The van der Waals surface area contributed by atoms with Crippen molar-refractivity contribution in [1.29, 1.82) is 0 Å². The van der Waals surface area contributed by atoms with Crippen LogP contribution >= 0.6 is 0 Å². The van der Waals surface area contributed by atoms with E-state index in [0.29, 0.717) is 17.9 Å². The predicted octanol–water partition coefficient (Wildman–Crippen LogP) is 4.85. The highest BCUT2D eigenvalue weighted by Gasteiger charge is 2.44. The van der Waals surface area contributed by atoms with Crippen molar-refractivity contribution in [3.8, 4) is 28.3 Å². The molecule has 4 heterocycles. The smallest absolute Gasteiger partial charge is 0.245 e. The molecule has 6 heteroatoms. The van der Waals surface area contributed by atoms with E-state index in [4.69, 9.17) is 9.72 Å². The molecule has 0 saturated carbocycles. The largest absolute Gasteiger partial charge is 0.474 e. The summed E-state index contributed by atoms with van der Waals surface area (Å²) < 4.78 is 5.94. The van der Waals surface area contributed by atoms with E-state index >= 15 is 0 Å². The first kappa shape index (κ1) is 23.7. The normalized spacial score (nSPS) is 18.6. The molecule has 6 rings (SSSR count). The number of hydrogen-bond acceptors (Lipinski definition) is 5. The van der Waals surface area contributed by atoms with Gasteiger partial charge in [0.05, 0.1) is 12.2 Å². The van der Waals surface area contributed by atoms with Gasteiger partial charge in [0.15, 0.2) is 0 Å². The number of fused-ring (bicyclic) bond motifs is 1. The van der Waals surface area contributed by atoms with E-state index in [1.54, 1.807) is 0 Å². The van der Waals surface area contributed by atoms with E-state index < -0.39 is 0 Å². The summed E-state index contributed by atoms with van der Waals surface area (Å²) in [6.07, 6.45) is 3.61. The summed E-state index contributed by atoms with van der Waals surface area (Å²) in [4.78, 5) is 23.6. The van der Waals surface area contributed by atoms with Crippen LogP contribution in [0.2, 0.25) is 0 Å². The minimum absolute atomic E-state index is 0.0635. The summed E-state index contributed by atoms with van der Waals surface area (Å²) in [7, 11) is 2.09. The monoisotopic (exact) mass is 494 g/mol. The van der Waals surface area contributed by atoms with Gasteiger partial charge >= 0.3 is 0 Å². The Hall–Kier alpha value is -3.64. The molecule has 1 spiro atoms. The van der Waals surface area contributed by atoms with E-state index in [-0.39, 0.29) is 5.91 Å². The first-order chi connectivity index (χ1) is 18.0. The number of benzene rings is 2. The quantitative estimate of drug-likeness (QED) is 0.475. The van der Waals surface area contributed by atoms with Crippen LogP contribution < -0.4 is 9.64 Å². The average molecular weight is 495 g/mol. The number of pyridine rings is 1. The molecule has 0 radical (unpaired) electrons. The fourth-order valence-electron chi connectivity index (χ4n) is 6.01. The van der Waals surface area contributed by atoms with Gasteiger partial charge in [-0.2, -0.15) is 0 Å². The van der Waals surface area contributed by atoms with E-state index in [1.165, 1.54) is 11.6 Å². The molecule has 0 N–H and O–H groups in total. The second-order valence-corrected chi connectivity index (χ2v) is 10.7. The summed E-state index contributed by atoms with van der Waals surface area (Å²) >= 11 is 0. The Morgan fingerprint density at radius 2 is 1.76 bits per heavy atom. The average Bonchev–Trinajstić information content (AvgIpc) is 2.93. The number of likely N-dealkylation sites (tertiary alicyclic amines) is 2. The van der Waals surface area contributed by atoms with Crippen molar-refractivity contribution in [3.63, 3.8) is 0 Å². The molecular formula is C31H34N4O2. The predicted molar refractivity (Wildman–Crippen MR) is 148 cm³/mol. The number of likely N-dealkylation sites (N-methyl/N-ethyl adjacent to an activating group) is 1. The standard InChI is InChI=1S/C31H34N4O2/c1-3-28(36)35-15-13-31(14-16-35)21-34(22-31)20-23-9-11-25(12-10-23)29-26(24-7-5-4-6-8-24)19-27-30(32-29)37-18-17-33(27)2/h3-12,19H,1,13-18,20-22H2,2H3. The molecule has 6 nitrogen and oxygen atoms in total. The SMILES string of the molecule is C=CC(=O)N1CCC2(CC1)CN(Cc1ccc(-c3nc4c(cc3-c3ccccc3)N(C)CCO4)cc1)C2. The van der Waals surface area contributed by atoms with Gasteiger partial charge in [-0.1, -0.05) is 61.2 Å². The van der Waals surface area contributed by atoms with Crippen LogP contribution in [0.15, 0.2) is 73.3 Å². The summed E-state index contributed by atoms with van der Waals surface area (Å²) in [5.41, 5.74) is 7.06. The van der Waals surface area contributed by atoms with Gasteiger partial charge in [-0.3, -0.25) is 9.69 Å². The molecule has 1 amide bonds. The number of aromatic nitrogens is 1. The lowest BCUT2D eigenvalue weighted by molar-refractivity contribution is -0.131. The second kappa shape index (κ2) is 9.67. The Bertz CT molecular complexity index is 1290. The topological polar surface area (TPSA) is 48.9 Å². The molecule has 2 saturated heterocycles. The van der Waals surface area contributed by atoms with Crippen molar-refractivity contribution >= 4 is 11.6 Å². The number of carbonyl (C=O) groups excluding carboxylic acids is 1. The molecule has 3 aliphatic heterocycles. The van der Waals surface area contributed by atoms with Crippen LogP contribution in [-0.4, -0.2) is 67.1 Å². The number of nitrogens with zero attached hydrogens (tertiary/aromatic N) is 4. The Morgan fingerprint density at radius 3 is 2.46 bits per heavy atom. The Balaban J connectivity index is 1.17. The van der Waals surface area contributed by atoms with Crippen LogP contribution in [0.3, 0.4) is 0 Å². The van der Waals surface area contributed by atoms with E-state index in [1.807, 2.05) is 11.0 Å². The molecule has 3 aromatic rings. The van der Waals surface area contributed by atoms with E-state index in [2.05, 4.69) is 78.0 Å². The van der Waals surface area contributed by atoms with Gasteiger partial charge in [0.25, 0.3) is 0 Å². The zero-order valence-corrected chi connectivity index (χ0v) is 21.5. The van der Waals surface area contributed by atoms with Gasteiger partial charge in [0, 0.05) is 50.9 Å². The zero-order chi connectivity index (χ0) is 25.4. The third kappa shape index (κ3) is 4.62. The maximum atomic E-state index is 11.9. The molecule has 2 fully saturated rings. The lowest BCUT2D eigenvalue weighted by atomic mass is 9.72. The minimum Gasteiger partial charge on any atom is -0.474 e. The number of ether oxygens (including phenoxy) is 1. The van der Waals surface area contributed by atoms with Gasteiger partial charge in [-0.25, -0.2) is 4.98 Å². The molecule has 37 heavy (non-hydrogen) atoms. The fraction of sp³-hybridized carbons (Fsp3) is 0.355. The van der Waals surface area contributed by atoms with Crippen LogP contribution in [0.5, 0.6) is 5.88 Å². The number of piperidine rings is 1. The number of carbonyl (C=O) groups is 1. The Morgan fingerprint density at radius 1 is 1.03 bits per heavy atom. The molecule has 0 atom stereocenters. The molecule has 190 valence electrons. The molecule has 2 aromatic carbocycles. The van der Waals surface area contributed by atoms with Gasteiger partial charge in [-0.05, 0) is 41.5 Å². The minimum atomic E-state index is 0.0635. The number of anilines is 1. The van der Waals surface area contributed by atoms with Crippen LogP contribution in [-0.2, 0) is 11.3 Å². The lowest BCUT2D eigenvalue weighted by Crippen LogP contribution is -2.60. The van der Waals surface area contributed by atoms with Crippen molar-refractivity contribution in [2.45, 2.75) is 19.4 Å². The Labute approximate surface area is 219 Å². The molecule has 3 aliphatic rings. The summed E-state index contributed by atoms with van der Waals surface area (Å²) in [6, 6.07) is 21.5. The van der Waals surface area contributed by atoms with Crippen LogP contribution in [0.25, 0.3) is 22.4 Å². The number of amides is 1. The maximum Gasteiger partial charge on any atom is 0.245 e. The van der Waals surface area contributed by atoms with Crippen molar-refractivity contribution in [3.05, 3.63) is 78.9 Å². The molecule has 0 bridgehead atoms. The number of hydrogen-bond donors (Lipinski definition) is 0. The molecule has 0 aliphatic carbocycles. The highest BCUT2D eigenvalue weighted by atomic mass is 16.5. The van der Waals surface area contributed by atoms with Gasteiger partial charge in [0.2, 0.25) is 11.8 Å². The molecule has 1 aromatic heterocycles. The molecule has 0 unspecified atom stereocenters. The van der Waals surface area contributed by atoms with Gasteiger partial charge < -0.3 is 14.5 Å². The van der Waals surface area contributed by atoms with Crippen molar-refractivity contribution < 1.29 is 9.53 Å². The van der Waals surface area contributed by atoms with Crippen LogP contribution in [0.1, 0.15) is 18.4 Å². The summed E-state index contributed by atoms with van der Waals surface area (Å²) in [5.74, 6) is 0.771. The van der Waals surface area contributed by atoms with Gasteiger partial charge in [0.1, 0.15) is 12.3 Å². The third-order valence-electron chi connectivity index (χ3n) is 8.19. The Kier molecular flexibility index (Phi) is 6.21. The first-order valence-electron chi connectivity index (χ1n) is 13.2. The van der Waals surface area contributed by atoms with E-state index in [0.717, 1.165) is 80.2 Å². The van der Waals surface area contributed by atoms with Crippen molar-refractivity contribution in [1.82, 2.24) is 14.8 Å². The second-order valence-electron chi connectivity index (χ2n) is 10.7. The highest BCUT2D eigenvalue weighted by molar-refractivity contribution is 5.87. The first-order valence-corrected chi connectivity index (χ1v) is 13.2. The number of rotatable bonds is 5. The summed E-state index contributed by atoms with van der Waals surface area (Å²) in [6.45, 7) is 10.0. The highest BCUT2D eigenvalue weighted by Crippen LogP contribution is 2.42. The maximum absolute atomic E-state index is 11.9. The van der Waals surface area contributed by atoms with Gasteiger partial charge in [-0.15, -0.1) is 0 Å². The fourth-order valence-corrected chi connectivity index (χ4v) is 6.01. The van der Waals surface area contributed by atoms with Crippen LogP contribution in [0.4, 0.5) is 5.69 Å². The lowest BCUT2D eigenvalue weighted by Gasteiger charge is -2.54.